The van der Waals surface area contributed by atoms with E-state index >= 15 is 0 Å². The minimum atomic E-state index is -0.659. The molecule has 2 unspecified atom stereocenters. The van der Waals surface area contributed by atoms with Gasteiger partial charge in [0.1, 0.15) is 0 Å². The summed E-state index contributed by atoms with van der Waals surface area (Å²) >= 11 is 0. The lowest BCUT2D eigenvalue weighted by molar-refractivity contribution is -0.140. The summed E-state index contributed by atoms with van der Waals surface area (Å²) in [6, 6.07) is -0.121. The molecule has 0 aliphatic carbocycles. The molecule has 1 fully saturated rings. The van der Waals surface area contributed by atoms with Crippen LogP contribution in [-0.4, -0.2) is 47.8 Å². The zero-order valence-electron chi connectivity index (χ0n) is 10.5. The Morgan fingerprint density at radius 1 is 1.17 bits per heavy atom. The van der Waals surface area contributed by atoms with Crippen LogP contribution in [0.15, 0.2) is 0 Å². The molecular formula is C11H20N4O3. The summed E-state index contributed by atoms with van der Waals surface area (Å²) in [5.41, 5.74) is 10.1. The van der Waals surface area contributed by atoms with Crippen LogP contribution < -0.4 is 16.8 Å². The zero-order valence-corrected chi connectivity index (χ0v) is 10.5. The highest BCUT2D eigenvalue weighted by Crippen LogP contribution is 2.14. The van der Waals surface area contributed by atoms with Gasteiger partial charge in [-0.25, -0.2) is 0 Å². The van der Waals surface area contributed by atoms with Crippen LogP contribution in [0.3, 0.4) is 0 Å². The summed E-state index contributed by atoms with van der Waals surface area (Å²) in [6.45, 7) is 1.43. The van der Waals surface area contributed by atoms with Crippen molar-refractivity contribution in [1.82, 2.24) is 10.2 Å². The van der Waals surface area contributed by atoms with Gasteiger partial charge in [-0.2, -0.15) is 0 Å². The average Bonchev–Trinajstić information content (AvgIpc) is 2.26. The van der Waals surface area contributed by atoms with Crippen molar-refractivity contribution >= 4 is 17.7 Å². The van der Waals surface area contributed by atoms with E-state index in [2.05, 4.69) is 5.32 Å². The molecule has 2 atom stereocenters. The molecule has 0 aromatic rings. The molecule has 0 saturated carbocycles. The Balaban J connectivity index is 2.67. The highest BCUT2D eigenvalue weighted by atomic mass is 16.2. The summed E-state index contributed by atoms with van der Waals surface area (Å²) in [5.74, 6) is -1.61. The molecule has 102 valence electrons. The van der Waals surface area contributed by atoms with E-state index in [1.165, 1.54) is 0 Å². The maximum Gasteiger partial charge on any atom is 0.240 e. The number of amides is 3. The van der Waals surface area contributed by atoms with Gasteiger partial charge in [0.2, 0.25) is 17.7 Å². The minimum Gasteiger partial charge on any atom is -0.368 e. The number of carbonyl (C=O) groups is 3. The second kappa shape index (κ2) is 6.34. The second-order valence-electron chi connectivity index (χ2n) is 4.68. The predicted octanol–water partition coefficient (Wildman–Crippen LogP) is -1.68. The van der Waals surface area contributed by atoms with Gasteiger partial charge < -0.3 is 21.7 Å². The van der Waals surface area contributed by atoms with Gasteiger partial charge in [0, 0.05) is 6.04 Å². The predicted molar refractivity (Wildman–Crippen MR) is 65.2 cm³/mol. The Kier molecular flexibility index (Phi) is 5.08. The molecule has 0 spiro atoms. The number of hydrogen-bond acceptors (Lipinski definition) is 4. The van der Waals surface area contributed by atoms with Gasteiger partial charge in [-0.15, -0.1) is 0 Å². The Bertz CT molecular complexity index is 329. The van der Waals surface area contributed by atoms with Gasteiger partial charge in [0.05, 0.1) is 19.1 Å². The van der Waals surface area contributed by atoms with Crippen molar-refractivity contribution in [1.29, 1.82) is 0 Å². The fourth-order valence-electron chi connectivity index (χ4n) is 2.14. The first-order chi connectivity index (χ1) is 8.40. The number of nitrogens with one attached hydrogen (secondary N) is 1. The molecule has 7 heteroatoms. The number of primary amides is 2. The van der Waals surface area contributed by atoms with Crippen molar-refractivity contribution in [2.45, 2.75) is 38.3 Å². The summed E-state index contributed by atoms with van der Waals surface area (Å²) in [4.78, 5) is 35.1. The fraction of sp³-hybridized carbons (Fsp3) is 0.727. The van der Waals surface area contributed by atoms with Gasteiger partial charge in [0.25, 0.3) is 0 Å². The standard InChI is InChI=1S/C11H20N4O3/c1-7-3-2-4-8(14-7)11(18)15(5-9(12)16)6-10(13)17/h7-8,14H,2-6H2,1H3,(H2,12,16)(H2,13,17). The maximum atomic E-state index is 12.2. The van der Waals surface area contributed by atoms with Crippen LogP contribution in [0.25, 0.3) is 0 Å². The molecule has 1 aliphatic rings. The molecule has 5 N–H and O–H groups in total. The van der Waals surface area contributed by atoms with E-state index in [-0.39, 0.29) is 31.1 Å². The monoisotopic (exact) mass is 256 g/mol. The van der Waals surface area contributed by atoms with Crippen molar-refractivity contribution in [3.05, 3.63) is 0 Å². The number of nitrogens with two attached hydrogens (primary N) is 2. The maximum absolute atomic E-state index is 12.2. The molecule has 1 heterocycles. The van der Waals surface area contributed by atoms with Crippen molar-refractivity contribution in [2.75, 3.05) is 13.1 Å². The summed E-state index contributed by atoms with van der Waals surface area (Å²) in [7, 11) is 0. The zero-order chi connectivity index (χ0) is 13.7. The Hall–Kier alpha value is -1.63. The van der Waals surface area contributed by atoms with Gasteiger partial charge >= 0.3 is 0 Å². The molecule has 0 aromatic heterocycles. The Labute approximate surface area is 106 Å². The number of nitrogens with zero attached hydrogens (tertiary/aromatic N) is 1. The molecule has 1 rings (SSSR count). The molecular weight excluding hydrogens is 236 g/mol. The topological polar surface area (TPSA) is 119 Å². The van der Waals surface area contributed by atoms with Crippen LogP contribution in [0, 0.1) is 0 Å². The first-order valence-electron chi connectivity index (χ1n) is 6.01. The van der Waals surface area contributed by atoms with E-state index in [9.17, 15) is 14.4 Å². The first-order valence-corrected chi connectivity index (χ1v) is 6.01. The van der Waals surface area contributed by atoms with E-state index in [0.717, 1.165) is 17.7 Å². The van der Waals surface area contributed by atoms with Crippen molar-refractivity contribution < 1.29 is 14.4 Å². The van der Waals surface area contributed by atoms with Crippen LogP contribution >= 0.6 is 0 Å². The van der Waals surface area contributed by atoms with Crippen LogP contribution in [0.5, 0.6) is 0 Å². The van der Waals surface area contributed by atoms with Crippen LogP contribution in [0.1, 0.15) is 26.2 Å². The molecule has 1 aliphatic heterocycles. The molecule has 3 amide bonds. The SMILES string of the molecule is CC1CCCC(C(=O)N(CC(N)=O)CC(N)=O)N1. The van der Waals surface area contributed by atoms with E-state index in [1.807, 2.05) is 6.92 Å². The highest BCUT2D eigenvalue weighted by Gasteiger charge is 2.29. The first kappa shape index (κ1) is 14.4. The van der Waals surface area contributed by atoms with Crippen molar-refractivity contribution in [3.63, 3.8) is 0 Å². The Morgan fingerprint density at radius 3 is 2.17 bits per heavy atom. The normalized spacial score (nSPS) is 23.4. The fourth-order valence-corrected chi connectivity index (χ4v) is 2.14. The lowest BCUT2D eigenvalue weighted by Crippen LogP contribution is -2.54. The Morgan fingerprint density at radius 2 is 1.72 bits per heavy atom. The third kappa shape index (κ3) is 4.33. The summed E-state index contributed by atoms with van der Waals surface area (Å²) in [6.07, 6.45) is 2.64. The quantitative estimate of drug-likeness (QED) is 0.544. The van der Waals surface area contributed by atoms with E-state index in [1.54, 1.807) is 0 Å². The largest absolute Gasteiger partial charge is 0.368 e. The molecule has 0 aromatic carbocycles. The van der Waals surface area contributed by atoms with E-state index in [4.69, 9.17) is 11.5 Å². The lowest BCUT2D eigenvalue weighted by Gasteiger charge is -2.31. The third-order valence-corrected chi connectivity index (χ3v) is 2.92. The lowest BCUT2D eigenvalue weighted by atomic mass is 9.98. The van der Waals surface area contributed by atoms with Gasteiger partial charge in [-0.1, -0.05) is 0 Å². The van der Waals surface area contributed by atoms with Crippen molar-refractivity contribution in [2.24, 2.45) is 11.5 Å². The van der Waals surface area contributed by atoms with Gasteiger partial charge in [0.15, 0.2) is 0 Å². The summed E-state index contributed by atoms with van der Waals surface area (Å²) < 4.78 is 0. The van der Waals surface area contributed by atoms with Crippen molar-refractivity contribution in [3.8, 4) is 0 Å². The molecule has 0 radical (unpaired) electrons. The van der Waals surface area contributed by atoms with Crippen LogP contribution in [0.4, 0.5) is 0 Å². The van der Waals surface area contributed by atoms with E-state index < -0.39 is 11.8 Å². The molecule has 18 heavy (non-hydrogen) atoms. The van der Waals surface area contributed by atoms with Crippen LogP contribution in [-0.2, 0) is 14.4 Å². The van der Waals surface area contributed by atoms with Gasteiger partial charge in [-0.05, 0) is 26.2 Å². The number of piperidine rings is 1. The summed E-state index contributed by atoms with van der Waals surface area (Å²) in [5, 5.41) is 3.15. The minimum absolute atomic E-state index is 0.247. The van der Waals surface area contributed by atoms with E-state index in [0.29, 0.717) is 6.42 Å². The average molecular weight is 256 g/mol. The number of carbonyl (C=O) groups excluding carboxylic acids is 3. The third-order valence-electron chi connectivity index (χ3n) is 2.92. The molecule has 1 saturated heterocycles. The number of hydrogen-bond donors (Lipinski definition) is 3. The van der Waals surface area contributed by atoms with Crippen LogP contribution in [0.2, 0.25) is 0 Å². The second-order valence-corrected chi connectivity index (χ2v) is 4.68. The smallest absolute Gasteiger partial charge is 0.240 e. The number of rotatable bonds is 5. The molecule has 7 nitrogen and oxygen atoms in total. The highest BCUT2D eigenvalue weighted by molar-refractivity contribution is 5.90. The molecule has 0 bridgehead atoms. The van der Waals surface area contributed by atoms with Gasteiger partial charge in [-0.3, -0.25) is 14.4 Å².